The van der Waals surface area contributed by atoms with Gasteiger partial charge in [0.05, 0.1) is 0 Å². The van der Waals surface area contributed by atoms with Crippen LogP contribution in [0.5, 0.6) is 5.75 Å². The summed E-state index contributed by atoms with van der Waals surface area (Å²) in [6, 6.07) is 13.3. The largest absolute Gasteiger partial charge is 0.481 e. The van der Waals surface area contributed by atoms with E-state index in [4.69, 9.17) is 4.74 Å². The van der Waals surface area contributed by atoms with Gasteiger partial charge in [0, 0.05) is 16.8 Å². The van der Waals surface area contributed by atoms with E-state index in [1.165, 1.54) is 13.8 Å². The number of carbonyl (C=O) groups excluding carboxylic acids is 3. The third-order valence-electron chi connectivity index (χ3n) is 3.48. The molecule has 24 heavy (non-hydrogen) atoms. The van der Waals surface area contributed by atoms with Crippen molar-refractivity contribution in [1.82, 2.24) is 0 Å². The summed E-state index contributed by atoms with van der Waals surface area (Å²) in [7, 11) is 0. The van der Waals surface area contributed by atoms with Gasteiger partial charge >= 0.3 is 0 Å². The van der Waals surface area contributed by atoms with Crippen molar-refractivity contribution in [2.45, 2.75) is 26.9 Å². The van der Waals surface area contributed by atoms with Gasteiger partial charge in [-0.2, -0.15) is 0 Å². The number of amides is 1. The van der Waals surface area contributed by atoms with Gasteiger partial charge in [-0.3, -0.25) is 14.4 Å². The maximum atomic E-state index is 12.2. The number of hydrogen-bond donors (Lipinski definition) is 1. The van der Waals surface area contributed by atoms with Gasteiger partial charge in [-0.1, -0.05) is 12.1 Å². The number of benzene rings is 2. The van der Waals surface area contributed by atoms with Gasteiger partial charge in [0.2, 0.25) is 0 Å². The Hall–Kier alpha value is -2.95. The summed E-state index contributed by atoms with van der Waals surface area (Å²) < 4.78 is 5.58. The van der Waals surface area contributed by atoms with Crippen LogP contribution in [0.25, 0.3) is 0 Å². The van der Waals surface area contributed by atoms with Crippen molar-refractivity contribution < 1.29 is 19.1 Å². The molecular weight excluding hydrogens is 306 g/mol. The molecule has 0 radical (unpaired) electrons. The van der Waals surface area contributed by atoms with Crippen molar-refractivity contribution in [2.75, 3.05) is 5.32 Å². The Labute approximate surface area is 140 Å². The van der Waals surface area contributed by atoms with Gasteiger partial charge in [-0.15, -0.1) is 0 Å². The van der Waals surface area contributed by atoms with E-state index in [0.29, 0.717) is 22.6 Å². The van der Waals surface area contributed by atoms with E-state index in [-0.39, 0.29) is 17.5 Å². The molecule has 0 aromatic heterocycles. The SMILES string of the molecule is CC(=O)c1ccc(NC(=O)C(C)Oc2cccc(C(C)=O)c2)cc1. The highest BCUT2D eigenvalue weighted by molar-refractivity contribution is 5.97. The number of rotatable bonds is 6. The number of ketones is 2. The highest BCUT2D eigenvalue weighted by Gasteiger charge is 2.15. The third-order valence-corrected chi connectivity index (χ3v) is 3.48. The molecule has 5 nitrogen and oxygen atoms in total. The quantitative estimate of drug-likeness (QED) is 0.825. The number of ether oxygens (including phenoxy) is 1. The molecule has 0 heterocycles. The van der Waals surface area contributed by atoms with Gasteiger partial charge < -0.3 is 10.1 Å². The van der Waals surface area contributed by atoms with Crippen molar-refractivity contribution in [2.24, 2.45) is 0 Å². The van der Waals surface area contributed by atoms with E-state index in [2.05, 4.69) is 5.32 Å². The second-order valence-corrected chi connectivity index (χ2v) is 5.47. The smallest absolute Gasteiger partial charge is 0.265 e. The lowest BCUT2D eigenvalue weighted by Gasteiger charge is -2.15. The summed E-state index contributed by atoms with van der Waals surface area (Å²) in [4.78, 5) is 34.8. The first-order valence-electron chi connectivity index (χ1n) is 7.56. The molecule has 1 unspecified atom stereocenters. The van der Waals surface area contributed by atoms with Crippen molar-refractivity contribution in [1.29, 1.82) is 0 Å². The highest BCUT2D eigenvalue weighted by atomic mass is 16.5. The molecule has 0 spiro atoms. The van der Waals surface area contributed by atoms with E-state index in [0.717, 1.165) is 0 Å². The van der Waals surface area contributed by atoms with Crippen LogP contribution in [0.4, 0.5) is 5.69 Å². The summed E-state index contributed by atoms with van der Waals surface area (Å²) >= 11 is 0. The Morgan fingerprint density at radius 2 is 1.54 bits per heavy atom. The molecule has 124 valence electrons. The lowest BCUT2D eigenvalue weighted by Crippen LogP contribution is -2.30. The van der Waals surface area contributed by atoms with E-state index in [1.54, 1.807) is 55.5 Å². The predicted molar refractivity (Wildman–Crippen MR) is 91.6 cm³/mol. The molecule has 1 atom stereocenters. The molecule has 1 amide bonds. The maximum Gasteiger partial charge on any atom is 0.265 e. The molecule has 0 aliphatic carbocycles. The molecule has 2 aromatic rings. The third kappa shape index (κ3) is 4.52. The molecule has 0 bridgehead atoms. The number of Topliss-reactive ketones (excluding diaryl/α,β-unsaturated/α-hetero) is 2. The van der Waals surface area contributed by atoms with Crippen LogP contribution in [-0.4, -0.2) is 23.6 Å². The Morgan fingerprint density at radius 3 is 2.12 bits per heavy atom. The van der Waals surface area contributed by atoms with E-state index in [9.17, 15) is 14.4 Å². The summed E-state index contributed by atoms with van der Waals surface area (Å²) in [6.45, 7) is 4.58. The van der Waals surface area contributed by atoms with Gasteiger partial charge in [0.1, 0.15) is 5.75 Å². The fourth-order valence-electron chi connectivity index (χ4n) is 2.08. The van der Waals surface area contributed by atoms with Gasteiger partial charge in [0.15, 0.2) is 17.7 Å². The number of nitrogens with one attached hydrogen (secondary N) is 1. The first-order valence-corrected chi connectivity index (χ1v) is 7.56. The molecule has 1 N–H and O–H groups in total. The minimum absolute atomic E-state index is 0.0325. The second-order valence-electron chi connectivity index (χ2n) is 5.47. The summed E-state index contributed by atoms with van der Waals surface area (Å²) in [5.41, 5.74) is 1.69. The van der Waals surface area contributed by atoms with Crippen LogP contribution in [0.3, 0.4) is 0 Å². The van der Waals surface area contributed by atoms with E-state index in [1.807, 2.05) is 0 Å². The average molecular weight is 325 g/mol. The van der Waals surface area contributed by atoms with Crippen LogP contribution >= 0.6 is 0 Å². The zero-order chi connectivity index (χ0) is 17.7. The fourth-order valence-corrected chi connectivity index (χ4v) is 2.08. The topological polar surface area (TPSA) is 72.5 Å². The first kappa shape index (κ1) is 17.4. The van der Waals surface area contributed by atoms with Crippen LogP contribution in [0, 0.1) is 0 Å². The highest BCUT2D eigenvalue weighted by Crippen LogP contribution is 2.16. The minimum Gasteiger partial charge on any atom is -0.481 e. The Morgan fingerprint density at radius 1 is 0.917 bits per heavy atom. The van der Waals surface area contributed by atoms with E-state index < -0.39 is 6.10 Å². The van der Waals surface area contributed by atoms with Crippen molar-refractivity contribution in [3.63, 3.8) is 0 Å². The van der Waals surface area contributed by atoms with Crippen molar-refractivity contribution in [3.8, 4) is 5.75 Å². The van der Waals surface area contributed by atoms with Crippen LogP contribution in [-0.2, 0) is 4.79 Å². The van der Waals surface area contributed by atoms with Gasteiger partial charge in [-0.25, -0.2) is 0 Å². The monoisotopic (exact) mass is 325 g/mol. The molecule has 2 rings (SSSR count). The lowest BCUT2D eigenvalue weighted by molar-refractivity contribution is -0.122. The molecule has 0 aliphatic heterocycles. The second kappa shape index (κ2) is 7.55. The van der Waals surface area contributed by atoms with E-state index >= 15 is 0 Å². The molecule has 2 aromatic carbocycles. The van der Waals surface area contributed by atoms with Crippen LogP contribution in [0.1, 0.15) is 41.5 Å². The number of anilines is 1. The standard InChI is InChI=1S/C19H19NO4/c1-12(21)15-7-9-17(10-8-15)20-19(23)14(3)24-18-6-4-5-16(11-18)13(2)22/h4-11,14H,1-3H3,(H,20,23). The Balaban J connectivity index is 2.00. The Kier molecular flexibility index (Phi) is 5.47. The predicted octanol–water partition coefficient (Wildman–Crippen LogP) is 3.50. The zero-order valence-electron chi connectivity index (χ0n) is 13.8. The molecule has 0 saturated heterocycles. The number of carbonyl (C=O) groups is 3. The molecular formula is C19H19NO4. The molecule has 0 saturated carbocycles. The maximum absolute atomic E-state index is 12.2. The van der Waals surface area contributed by atoms with Crippen molar-refractivity contribution >= 4 is 23.2 Å². The minimum atomic E-state index is -0.736. The number of hydrogen-bond acceptors (Lipinski definition) is 4. The van der Waals surface area contributed by atoms with Gasteiger partial charge in [0.25, 0.3) is 5.91 Å². The molecule has 5 heteroatoms. The summed E-state index contributed by atoms with van der Waals surface area (Å²) in [6.07, 6.45) is -0.736. The normalized spacial score (nSPS) is 11.5. The lowest BCUT2D eigenvalue weighted by atomic mass is 10.1. The van der Waals surface area contributed by atoms with Crippen molar-refractivity contribution in [3.05, 3.63) is 59.7 Å². The fraction of sp³-hybridized carbons (Fsp3) is 0.211. The zero-order valence-corrected chi connectivity index (χ0v) is 13.8. The summed E-state index contributed by atoms with van der Waals surface area (Å²) in [5, 5.41) is 2.72. The Bertz CT molecular complexity index is 765. The molecule has 0 aliphatic rings. The van der Waals surface area contributed by atoms with Crippen LogP contribution in [0.15, 0.2) is 48.5 Å². The van der Waals surface area contributed by atoms with Crippen LogP contribution in [0.2, 0.25) is 0 Å². The molecule has 0 fully saturated rings. The first-order chi connectivity index (χ1) is 11.4. The van der Waals surface area contributed by atoms with Crippen LogP contribution < -0.4 is 10.1 Å². The van der Waals surface area contributed by atoms with Gasteiger partial charge in [-0.05, 0) is 57.2 Å². The average Bonchev–Trinajstić information content (AvgIpc) is 2.55. The summed E-state index contributed by atoms with van der Waals surface area (Å²) in [5.74, 6) is 0.0362.